The number of thioether (sulfide) groups is 1. The Morgan fingerprint density at radius 3 is 2.23 bits per heavy atom. The molecule has 9 heteroatoms. The molecule has 0 saturated heterocycles. The maximum Gasteiger partial charge on any atom is 0.319 e. The van der Waals surface area contributed by atoms with Gasteiger partial charge >= 0.3 is 5.97 Å². The van der Waals surface area contributed by atoms with Crippen molar-refractivity contribution in [3.63, 3.8) is 0 Å². The summed E-state index contributed by atoms with van der Waals surface area (Å²) < 4.78 is 32.8. The first-order chi connectivity index (χ1) is 14.8. The van der Waals surface area contributed by atoms with Crippen molar-refractivity contribution < 1.29 is 17.9 Å². The van der Waals surface area contributed by atoms with Crippen LogP contribution in [0.5, 0.6) is 0 Å². The van der Waals surface area contributed by atoms with E-state index in [0.29, 0.717) is 11.8 Å². The Bertz CT molecular complexity index is 1110. The summed E-state index contributed by atoms with van der Waals surface area (Å²) in [5, 5.41) is 8.25. The molecule has 0 fully saturated rings. The highest BCUT2D eigenvalue weighted by atomic mass is 32.2. The van der Waals surface area contributed by atoms with Gasteiger partial charge in [-0.1, -0.05) is 62.0 Å². The number of carbonyl (C=O) groups is 1. The molecule has 0 saturated carbocycles. The van der Waals surface area contributed by atoms with E-state index >= 15 is 0 Å². The molecule has 31 heavy (non-hydrogen) atoms. The fourth-order valence-corrected chi connectivity index (χ4v) is 4.91. The van der Waals surface area contributed by atoms with E-state index in [9.17, 15) is 13.2 Å². The highest BCUT2D eigenvalue weighted by Gasteiger charge is 2.25. The molecule has 0 amide bonds. The Morgan fingerprint density at radius 1 is 1.00 bits per heavy atom. The van der Waals surface area contributed by atoms with Crippen LogP contribution < -0.4 is 0 Å². The number of benzene rings is 2. The molecule has 1 aromatic heterocycles. The van der Waals surface area contributed by atoms with Gasteiger partial charge in [-0.15, -0.1) is 10.2 Å². The maximum atomic E-state index is 12.9. The zero-order chi connectivity index (χ0) is 22.4. The monoisotopic (exact) mass is 459 g/mol. The number of ether oxygens (including phenoxy) is 1. The van der Waals surface area contributed by atoms with Crippen molar-refractivity contribution in [2.45, 2.75) is 41.8 Å². The van der Waals surface area contributed by atoms with E-state index in [1.54, 1.807) is 41.8 Å². The largest absolute Gasteiger partial charge is 0.465 e. The predicted octanol–water partition coefficient (Wildman–Crippen LogP) is 3.92. The molecular formula is C22H25N3O4S2. The lowest BCUT2D eigenvalue weighted by atomic mass is 10.2. The topological polar surface area (TPSA) is 91.2 Å². The molecule has 1 unspecified atom stereocenters. The van der Waals surface area contributed by atoms with Crippen LogP contribution in [0.1, 0.15) is 26.6 Å². The van der Waals surface area contributed by atoms with Crippen molar-refractivity contribution >= 4 is 27.6 Å². The molecule has 7 nitrogen and oxygen atoms in total. The van der Waals surface area contributed by atoms with E-state index < -0.39 is 15.1 Å². The normalized spacial score (nSPS) is 12.6. The fourth-order valence-electron chi connectivity index (χ4n) is 2.76. The van der Waals surface area contributed by atoms with Crippen molar-refractivity contribution in [1.82, 2.24) is 14.8 Å². The van der Waals surface area contributed by atoms with Crippen LogP contribution in [-0.4, -0.2) is 41.0 Å². The van der Waals surface area contributed by atoms with Gasteiger partial charge in [0, 0.05) is 5.69 Å². The summed E-state index contributed by atoms with van der Waals surface area (Å²) in [6.07, 6.45) is 0. The minimum absolute atomic E-state index is 0.220. The van der Waals surface area contributed by atoms with E-state index in [-0.39, 0.29) is 28.4 Å². The molecule has 0 spiro atoms. The van der Waals surface area contributed by atoms with Gasteiger partial charge < -0.3 is 4.74 Å². The number of para-hydroxylation sites is 1. The summed E-state index contributed by atoms with van der Waals surface area (Å²) in [6.45, 7) is 6.01. The van der Waals surface area contributed by atoms with Gasteiger partial charge in [0.2, 0.25) is 0 Å². The predicted molar refractivity (Wildman–Crippen MR) is 120 cm³/mol. The van der Waals surface area contributed by atoms with E-state index in [4.69, 9.17) is 4.74 Å². The Hall–Kier alpha value is -2.65. The number of hydrogen-bond donors (Lipinski definition) is 0. The van der Waals surface area contributed by atoms with Crippen molar-refractivity contribution in [2.75, 3.05) is 6.61 Å². The van der Waals surface area contributed by atoms with Gasteiger partial charge in [-0.2, -0.15) is 0 Å². The maximum absolute atomic E-state index is 12.9. The summed E-state index contributed by atoms with van der Waals surface area (Å²) in [5.41, 5.74) is 0.719. The highest BCUT2D eigenvalue weighted by molar-refractivity contribution is 8.00. The molecule has 164 valence electrons. The molecule has 0 aliphatic carbocycles. The zero-order valence-corrected chi connectivity index (χ0v) is 19.3. The molecule has 1 heterocycles. The van der Waals surface area contributed by atoms with Crippen LogP contribution in [0.4, 0.5) is 0 Å². The first-order valence-electron chi connectivity index (χ1n) is 9.88. The smallest absolute Gasteiger partial charge is 0.319 e. The van der Waals surface area contributed by atoms with Crippen LogP contribution >= 0.6 is 11.8 Å². The second-order valence-corrected chi connectivity index (χ2v) is 10.7. The minimum Gasteiger partial charge on any atom is -0.465 e. The van der Waals surface area contributed by atoms with E-state index in [1.165, 1.54) is 11.8 Å². The summed E-state index contributed by atoms with van der Waals surface area (Å²) in [7, 11) is -3.62. The van der Waals surface area contributed by atoms with Gasteiger partial charge in [0.25, 0.3) is 0 Å². The Morgan fingerprint density at radius 2 is 1.61 bits per heavy atom. The van der Waals surface area contributed by atoms with Crippen LogP contribution in [0.15, 0.2) is 70.7 Å². The van der Waals surface area contributed by atoms with Gasteiger partial charge in [0.1, 0.15) is 11.0 Å². The van der Waals surface area contributed by atoms with E-state index in [1.807, 2.05) is 44.2 Å². The number of aromatic nitrogens is 3. The molecule has 0 radical (unpaired) electrons. The molecule has 0 bridgehead atoms. The Labute approximate surface area is 186 Å². The first kappa shape index (κ1) is 23.0. The molecular weight excluding hydrogens is 434 g/mol. The number of carbonyl (C=O) groups excluding carboxylic acids is 1. The summed E-state index contributed by atoms with van der Waals surface area (Å²) in [6, 6.07) is 17.5. The minimum atomic E-state index is -3.62. The lowest BCUT2D eigenvalue weighted by Gasteiger charge is -2.14. The zero-order valence-electron chi connectivity index (χ0n) is 17.6. The SMILES string of the molecule is CC(C)COC(=O)C(C)Sc1nnc(CS(=O)(=O)c2ccccc2)n1-c1ccccc1. The highest BCUT2D eigenvalue weighted by Crippen LogP contribution is 2.28. The third kappa shape index (κ3) is 5.95. The lowest BCUT2D eigenvalue weighted by molar-refractivity contribution is -0.143. The third-order valence-electron chi connectivity index (χ3n) is 4.31. The second kappa shape index (κ2) is 10.1. The second-order valence-electron chi connectivity index (χ2n) is 7.43. The molecule has 3 rings (SSSR count). The summed E-state index contributed by atoms with van der Waals surface area (Å²) in [4.78, 5) is 12.5. The average Bonchev–Trinajstić information content (AvgIpc) is 3.14. The van der Waals surface area contributed by atoms with Crippen molar-refractivity contribution in [3.8, 4) is 5.69 Å². The molecule has 1 atom stereocenters. The van der Waals surface area contributed by atoms with Gasteiger partial charge in [-0.05, 0) is 37.1 Å². The Balaban J connectivity index is 1.91. The van der Waals surface area contributed by atoms with Crippen LogP contribution in [0.3, 0.4) is 0 Å². The number of hydrogen-bond acceptors (Lipinski definition) is 7. The van der Waals surface area contributed by atoms with Crippen molar-refractivity contribution in [2.24, 2.45) is 5.92 Å². The molecule has 2 aromatic carbocycles. The van der Waals surface area contributed by atoms with Crippen molar-refractivity contribution in [1.29, 1.82) is 0 Å². The quantitative estimate of drug-likeness (QED) is 0.354. The van der Waals surface area contributed by atoms with E-state index in [2.05, 4.69) is 10.2 Å². The molecule has 0 N–H and O–H groups in total. The Kier molecular flexibility index (Phi) is 7.50. The van der Waals surface area contributed by atoms with Gasteiger partial charge in [0.05, 0.1) is 11.5 Å². The number of sulfone groups is 1. The van der Waals surface area contributed by atoms with Crippen LogP contribution in [0, 0.1) is 5.92 Å². The number of esters is 1. The summed E-state index contributed by atoms with van der Waals surface area (Å²) in [5.74, 6) is -0.143. The standard InChI is InChI=1S/C22H25N3O4S2/c1-16(2)14-29-21(26)17(3)30-22-24-23-20(25(22)18-10-6-4-7-11-18)15-31(27,28)19-12-8-5-9-13-19/h4-13,16-17H,14-15H2,1-3H3. The van der Waals surface area contributed by atoms with E-state index in [0.717, 1.165) is 5.69 Å². The number of nitrogens with zero attached hydrogens (tertiary/aromatic N) is 3. The van der Waals surface area contributed by atoms with Gasteiger partial charge in [-0.3, -0.25) is 9.36 Å². The van der Waals surface area contributed by atoms with Crippen molar-refractivity contribution in [3.05, 3.63) is 66.5 Å². The molecule has 0 aliphatic rings. The lowest BCUT2D eigenvalue weighted by Crippen LogP contribution is -2.20. The number of rotatable bonds is 9. The van der Waals surface area contributed by atoms with Gasteiger partial charge in [-0.25, -0.2) is 8.42 Å². The molecule has 3 aromatic rings. The summed E-state index contributed by atoms with van der Waals surface area (Å²) >= 11 is 1.19. The van der Waals surface area contributed by atoms with Crippen LogP contribution in [-0.2, 0) is 25.1 Å². The van der Waals surface area contributed by atoms with Crippen LogP contribution in [0.2, 0.25) is 0 Å². The molecule has 0 aliphatic heterocycles. The first-order valence-corrected chi connectivity index (χ1v) is 12.4. The van der Waals surface area contributed by atoms with Gasteiger partial charge in [0.15, 0.2) is 20.8 Å². The third-order valence-corrected chi connectivity index (χ3v) is 6.96. The average molecular weight is 460 g/mol. The fraction of sp³-hybridized carbons (Fsp3) is 0.318. The van der Waals surface area contributed by atoms with Crippen LogP contribution in [0.25, 0.3) is 5.69 Å².